The molecule has 0 fully saturated rings. The van der Waals surface area contributed by atoms with E-state index in [4.69, 9.17) is 4.74 Å². The molecule has 1 aliphatic rings. The van der Waals surface area contributed by atoms with Gasteiger partial charge < -0.3 is 4.74 Å². The van der Waals surface area contributed by atoms with Crippen molar-refractivity contribution in [2.45, 2.75) is 18.6 Å². The Bertz CT molecular complexity index is 592. The number of para-hydroxylation sites is 1. The number of halogens is 3. The minimum atomic E-state index is -4.39. The molecule has 0 amide bonds. The molecule has 0 saturated heterocycles. The van der Waals surface area contributed by atoms with Crippen molar-refractivity contribution in [3.05, 3.63) is 47.8 Å². The molecule has 3 rings (SSSR count). The van der Waals surface area contributed by atoms with E-state index in [1.54, 1.807) is 0 Å². The Hall–Kier alpha value is -1.98. The number of fused-ring (bicyclic) bond motifs is 1. The lowest BCUT2D eigenvalue weighted by atomic mass is 10.0. The number of hydrogen-bond acceptors (Lipinski definition) is 2. The maximum atomic E-state index is 12.5. The van der Waals surface area contributed by atoms with Crippen molar-refractivity contribution in [2.24, 2.45) is 0 Å². The van der Waals surface area contributed by atoms with E-state index < -0.39 is 11.9 Å². The third-order valence-corrected chi connectivity index (χ3v) is 3.14. The van der Waals surface area contributed by atoms with Gasteiger partial charge in [-0.1, -0.05) is 18.2 Å². The summed E-state index contributed by atoms with van der Waals surface area (Å²) < 4.78 is 44.2. The standard InChI is InChI=1S/C13H11F3N2O/c14-13(15,16)12-5-6-18(17-12)7-9-8-19-11-4-2-1-3-10(9)11/h1-6,9H,7-8H2. The molecule has 1 unspecified atom stereocenters. The second-order valence-electron chi connectivity index (χ2n) is 4.47. The van der Waals surface area contributed by atoms with Crippen molar-refractivity contribution in [3.63, 3.8) is 0 Å². The van der Waals surface area contributed by atoms with Crippen molar-refractivity contribution in [1.82, 2.24) is 9.78 Å². The van der Waals surface area contributed by atoms with E-state index in [9.17, 15) is 13.2 Å². The minimum Gasteiger partial charge on any atom is -0.493 e. The summed E-state index contributed by atoms with van der Waals surface area (Å²) in [5, 5.41) is 3.55. The van der Waals surface area contributed by atoms with E-state index in [0.29, 0.717) is 13.2 Å². The fraction of sp³-hybridized carbons (Fsp3) is 0.308. The number of alkyl halides is 3. The summed E-state index contributed by atoms with van der Waals surface area (Å²) in [6, 6.07) is 8.55. The number of rotatable bonds is 2. The topological polar surface area (TPSA) is 27.1 Å². The Labute approximate surface area is 107 Å². The normalized spacial score (nSPS) is 18.2. The lowest BCUT2D eigenvalue weighted by molar-refractivity contribution is -0.141. The molecule has 0 spiro atoms. The molecule has 1 aliphatic heterocycles. The van der Waals surface area contributed by atoms with Crippen LogP contribution in [0.4, 0.5) is 13.2 Å². The highest BCUT2D eigenvalue weighted by atomic mass is 19.4. The molecule has 19 heavy (non-hydrogen) atoms. The summed E-state index contributed by atoms with van der Waals surface area (Å²) in [6.07, 6.45) is -3.04. The smallest absolute Gasteiger partial charge is 0.435 e. The third kappa shape index (κ3) is 2.30. The van der Waals surface area contributed by atoms with Gasteiger partial charge in [0.15, 0.2) is 5.69 Å². The first kappa shape index (κ1) is 12.1. The highest BCUT2D eigenvalue weighted by molar-refractivity contribution is 5.39. The summed E-state index contributed by atoms with van der Waals surface area (Å²) in [5.74, 6) is 0.841. The van der Waals surface area contributed by atoms with Gasteiger partial charge in [0.2, 0.25) is 0 Å². The molecule has 2 aromatic rings. The highest BCUT2D eigenvalue weighted by Gasteiger charge is 2.34. The first-order chi connectivity index (χ1) is 9.04. The van der Waals surface area contributed by atoms with Gasteiger partial charge in [0, 0.05) is 17.7 Å². The number of ether oxygens (including phenoxy) is 1. The second kappa shape index (κ2) is 4.29. The van der Waals surface area contributed by atoms with Crippen LogP contribution in [0.25, 0.3) is 0 Å². The zero-order valence-corrected chi connectivity index (χ0v) is 9.89. The number of aromatic nitrogens is 2. The lowest BCUT2D eigenvalue weighted by Gasteiger charge is -2.09. The van der Waals surface area contributed by atoms with Crippen molar-refractivity contribution in [2.75, 3.05) is 6.61 Å². The number of hydrogen-bond donors (Lipinski definition) is 0. The summed E-state index contributed by atoms with van der Waals surface area (Å²) in [4.78, 5) is 0. The maximum absolute atomic E-state index is 12.5. The molecular formula is C13H11F3N2O. The Morgan fingerprint density at radius 1 is 1.26 bits per heavy atom. The Balaban J connectivity index is 1.78. The molecule has 0 radical (unpaired) electrons. The third-order valence-electron chi connectivity index (χ3n) is 3.14. The van der Waals surface area contributed by atoms with Crippen LogP contribution < -0.4 is 4.74 Å². The van der Waals surface area contributed by atoms with Crippen LogP contribution in [0.15, 0.2) is 36.5 Å². The molecule has 2 heterocycles. The fourth-order valence-electron chi connectivity index (χ4n) is 2.22. The van der Waals surface area contributed by atoms with E-state index in [0.717, 1.165) is 17.4 Å². The molecule has 3 nitrogen and oxygen atoms in total. The molecule has 1 aromatic carbocycles. The van der Waals surface area contributed by atoms with E-state index in [2.05, 4.69) is 5.10 Å². The Morgan fingerprint density at radius 3 is 2.79 bits per heavy atom. The van der Waals surface area contributed by atoms with Gasteiger partial charge in [0.1, 0.15) is 5.75 Å². The van der Waals surface area contributed by atoms with Crippen LogP contribution >= 0.6 is 0 Å². The quantitative estimate of drug-likeness (QED) is 0.837. The summed E-state index contributed by atoms with van der Waals surface area (Å²) >= 11 is 0. The predicted molar refractivity (Wildman–Crippen MR) is 61.9 cm³/mol. The molecule has 0 N–H and O–H groups in total. The number of nitrogens with zero attached hydrogens (tertiary/aromatic N) is 2. The molecule has 1 aromatic heterocycles. The first-order valence-corrected chi connectivity index (χ1v) is 5.86. The summed E-state index contributed by atoms with van der Waals surface area (Å²) in [6.45, 7) is 0.855. The predicted octanol–water partition coefficient (Wildman–Crippen LogP) is 3.08. The van der Waals surface area contributed by atoms with Crippen LogP contribution in [0.5, 0.6) is 5.75 Å². The van der Waals surface area contributed by atoms with E-state index >= 15 is 0 Å². The fourth-order valence-corrected chi connectivity index (χ4v) is 2.22. The molecule has 0 aliphatic carbocycles. The van der Waals surface area contributed by atoms with Gasteiger partial charge in [-0.2, -0.15) is 18.3 Å². The van der Waals surface area contributed by atoms with Crippen LogP contribution in [0.3, 0.4) is 0 Å². The average molecular weight is 268 g/mol. The molecule has 1 atom stereocenters. The SMILES string of the molecule is FC(F)(F)c1ccn(CC2COc3ccccc32)n1. The van der Waals surface area contributed by atoms with E-state index in [-0.39, 0.29) is 5.92 Å². The van der Waals surface area contributed by atoms with Crippen LogP contribution in [-0.2, 0) is 12.7 Å². The van der Waals surface area contributed by atoms with Gasteiger partial charge in [0.25, 0.3) is 0 Å². The van der Waals surface area contributed by atoms with Crippen LogP contribution in [0.2, 0.25) is 0 Å². The largest absolute Gasteiger partial charge is 0.493 e. The Morgan fingerprint density at radius 2 is 2.05 bits per heavy atom. The second-order valence-corrected chi connectivity index (χ2v) is 4.47. The van der Waals surface area contributed by atoms with Crippen LogP contribution in [0.1, 0.15) is 17.2 Å². The zero-order valence-electron chi connectivity index (χ0n) is 9.89. The molecule has 100 valence electrons. The van der Waals surface area contributed by atoms with Crippen LogP contribution in [0, 0.1) is 0 Å². The van der Waals surface area contributed by atoms with E-state index in [1.807, 2.05) is 24.3 Å². The zero-order chi connectivity index (χ0) is 13.5. The van der Waals surface area contributed by atoms with Crippen molar-refractivity contribution >= 4 is 0 Å². The van der Waals surface area contributed by atoms with Crippen molar-refractivity contribution in [3.8, 4) is 5.75 Å². The molecular weight excluding hydrogens is 257 g/mol. The summed E-state index contributed by atoms with van der Waals surface area (Å²) in [5.41, 5.74) is 0.159. The van der Waals surface area contributed by atoms with Crippen molar-refractivity contribution in [1.29, 1.82) is 0 Å². The maximum Gasteiger partial charge on any atom is 0.435 e. The number of benzene rings is 1. The molecule has 0 saturated carbocycles. The van der Waals surface area contributed by atoms with Gasteiger partial charge in [-0.05, 0) is 12.1 Å². The molecule has 6 heteroatoms. The highest BCUT2D eigenvalue weighted by Crippen LogP contribution is 2.34. The van der Waals surface area contributed by atoms with Gasteiger partial charge in [-0.25, -0.2) is 0 Å². The first-order valence-electron chi connectivity index (χ1n) is 5.86. The minimum absolute atomic E-state index is 0.0391. The van der Waals surface area contributed by atoms with Gasteiger partial charge >= 0.3 is 6.18 Å². The van der Waals surface area contributed by atoms with Crippen molar-refractivity contribution < 1.29 is 17.9 Å². The lowest BCUT2D eigenvalue weighted by Crippen LogP contribution is -2.13. The Kier molecular flexibility index (Phi) is 2.73. The average Bonchev–Trinajstić information content (AvgIpc) is 2.97. The van der Waals surface area contributed by atoms with E-state index in [1.165, 1.54) is 10.9 Å². The summed E-state index contributed by atoms with van der Waals surface area (Å²) in [7, 11) is 0. The monoisotopic (exact) mass is 268 g/mol. The van der Waals surface area contributed by atoms with Gasteiger partial charge in [-0.15, -0.1) is 0 Å². The molecule has 0 bridgehead atoms. The van der Waals surface area contributed by atoms with Gasteiger partial charge in [0.05, 0.1) is 13.2 Å². The van der Waals surface area contributed by atoms with Crippen LogP contribution in [-0.4, -0.2) is 16.4 Å². The van der Waals surface area contributed by atoms with Gasteiger partial charge in [-0.3, -0.25) is 4.68 Å².